The number of thioether (sulfide) groups is 1. The summed E-state index contributed by atoms with van der Waals surface area (Å²) in [6, 6.07) is 5.13. The summed E-state index contributed by atoms with van der Waals surface area (Å²) in [5.41, 5.74) is 11.4. The van der Waals surface area contributed by atoms with Crippen LogP contribution in [0.4, 0.5) is 5.69 Å². The van der Waals surface area contributed by atoms with Crippen LogP contribution in [0.25, 0.3) is 0 Å². The van der Waals surface area contributed by atoms with Crippen molar-refractivity contribution < 1.29 is 4.79 Å². The van der Waals surface area contributed by atoms with Gasteiger partial charge in [-0.1, -0.05) is 11.6 Å². The molecule has 0 aliphatic heterocycles. The lowest BCUT2D eigenvalue weighted by atomic mass is 10.3. The first-order valence-corrected chi connectivity index (χ1v) is 5.27. The second-order valence-electron chi connectivity index (χ2n) is 2.84. The van der Waals surface area contributed by atoms with Crippen LogP contribution in [-0.4, -0.2) is 11.2 Å². The number of nitrogen functional groups attached to an aromatic ring is 1. The summed E-state index contributed by atoms with van der Waals surface area (Å²) >= 11 is 7.10. The van der Waals surface area contributed by atoms with Crippen LogP contribution >= 0.6 is 23.4 Å². The number of primary amides is 1. The fourth-order valence-corrected chi connectivity index (χ4v) is 1.99. The smallest absolute Gasteiger partial charge is 0.230 e. The lowest BCUT2D eigenvalue weighted by molar-refractivity contribution is -0.117. The minimum atomic E-state index is -0.366. The molecule has 0 radical (unpaired) electrons. The third kappa shape index (κ3) is 2.82. The highest BCUT2D eigenvalue weighted by Gasteiger charge is 2.12. The molecule has 1 aromatic rings. The van der Waals surface area contributed by atoms with Crippen LogP contribution < -0.4 is 11.5 Å². The van der Waals surface area contributed by atoms with Crippen molar-refractivity contribution in [2.45, 2.75) is 17.1 Å². The number of nitrogens with two attached hydrogens (primary N) is 2. The van der Waals surface area contributed by atoms with Crippen molar-refractivity contribution in [2.75, 3.05) is 5.73 Å². The highest BCUT2D eigenvalue weighted by atomic mass is 35.5. The number of hydrogen-bond acceptors (Lipinski definition) is 3. The van der Waals surface area contributed by atoms with Gasteiger partial charge in [-0.05, 0) is 25.1 Å². The number of rotatable bonds is 3. The molecule has 0 saturated heterocycles. The van der Waals surface area contributed by atoms with Gasteiger partial charge in [0, 0.05) is 15.6 Å². The molecule has 0 heterocycles. The number of carbonyl (C=O) groups is 1. The molecule has 1 aromatic carbocycles. The molecule has 4 N–H and O–H groups in total. The number of carbonyl (C=O) groups excluding carboxylic acids is 1. The van der Waals surface area contributed by atoms with Gasteiger partial charge < -0.3 is 11.5 Å². The van der Waals surface area contributed by atoms with E-state index < -0.39 is 0 Å². The molecule has 3 nitrogen and oxygen atoms in total. The molecule has 5 heteroatoms. The lowest BCUT2D eigenvalue weighted by Gasteiger charge is -2.09. The molecular weight excluding hydrogens is 220 g/mol. The first kappa shape index (κ1) is 11.2. The van der Waals surface area contributed by atoms with Gasteiger partial charge in [0.25, 0.3) is 0 Å². The van der Waals surface area contributed by atoms with Crippen LogP contribution in [0.5, 0.6) is 0 Å². The van der Waals surface area contributed by atoms with Crippen LogP contribution in [0.15, 0.2) is 23.1 Å². The standard InChI is InChI=1S/C9H11ClN2OS/c1-5(9(12)13)14-8-4-6(10)2-3-7(8)11/h2-5H,11H2,1H3,(H2,12,13). The Kier molecular flexibility index (Phi) is 3.66. The minimum Gasteiger partial charge on any atom is -0.398 e. The third-order valence-corrected chi connectivity index (χ3v) is 3.11. The predicted molar refractivity (Wildman–Crippen MR) is 60.4 cm³/mol. The Morgan fingerprint density at radius 2 is 2.21 bits per heavy atom. The van der Waals surface area contributed by atoms with E-state index in [1.54, 1.807) is 25.1 Å². The fraction of sp³-hybridized carbons (Fsp3) is 0.222. The maximum absolute atomic E-state index is 10.8. The number of anilines is 1. The Bertz CT molecular complexity index is 357. The second kappa shape index (κ2) is 4.57. The average Bonchev–Trinajstić information content (AvgIpc) is 2.11. The van der Waals surface area contributed by atoms with E-state index in [4.69, 9.17) is 23.1 Å². The largest absolute Gasteiger partial charge is 0.398 e. The number of hydrogen-bond donors (Lipinski definition) is 2. The molecule has 0 spiro atoms. The Morgan fingerprint density at radius 1 is 1.57 bits per heavy atom. The first-order chi connectivity index (χ1) is 6.50. The zero-order chi connectivity index (χ0) is 10.7. The van der Waals surface area contributed by atoms with E-state index in [-0.39, 0.29) is 11.2 Å². The average molecular weight is 231 g/mol. The Hall–Kier alpha value is -0.870. The van der Waals surface area contributed by atoms with Crippen molar-refractivity contribution >= 4 is 35.0 Å². The summed E-state index contributed by atoms with van der Waals surface area (Å²) in [5.74, 6) is -0.366. The molecule has 0 aliphatic carbocycles. The Balaban J connectivity index is 2.85. The van der Waals surface area contributed by atoms with Crippen molar-refractivity contribution in [2.24, 2.45) is 5.73 Å². The Morgan fingerprint density at radius 3 is 2.79 bits per heavy atom. The van der Waals surface area contributed by atoms with Crippen molar-refractivity contribution in [3.63, 3.8) is 0 Å². The monoisotopic (exact) mass is 230 g/mol. The maximum Gasteiger partial charge on any atom is 0.230 e. The van der Waals surface area contributed by atoms with Gasteiger partial charge in [0.2, 0.25) is 5.91 Å². The van der Waals surface area contributed by atoms with E-state index in [2.05, 4.69) is 0 Å². The molecule has 0 saturated carbocycles. The molecule has 1 amide bonds. The van der Waals surface area contributed by atoms with Crippen molar-refractivity contribution in [1.29, 1.82) is 0 Å². The molecule has 0 fully saturated rings. The molecule has 76 valence electrons. The van der Waals surface area contributed by atoms with Crippen LogP contribution in [0.1, 0.15) is 6.92 Å². The van der Waals surface area contributed by atoms with E-state index in [0.29, 0.717) is 10.7 Å². The second-order valence-corrected chi connectivity index (χ2v) is 4.66. The number of halogens is 1. The van der Waals surface area contributed by atoms with E-state index in [9.17, 15) is 4.79 Å². The maximum atomic E-state index is 10.8. The van der Waals surface area contributed by atoms with E-state index >= 15 is 0 Å². The number of benzene rings is 1. The summed E-state index contributed by atoms with van der Waals surface area (Å²) in [6.07, 6.45) is 0. The van der Waals surface area contributed by atoms with E-state index in [1.807, 2.05) is 0 Å². The molecular formula is C9H11ClN2OS. The van der Waals surface area contributed by atoms with E-state index in [1.165, 1.54) is 11.8 Å². The molecule has 1 atom stereocenters. The van der Waals surface area contributed by atoms with Crippen molar-refractivity contribution in [3.8, 4) is 0 Å². The molecule has 0 bridgehead atoms. The normalized spacial score (nSPS) is 12.4. The van der Waals surface area contributed by atoms with Gasteiger partial charge >= 0.3 is 0 Å². The van der Waals surface area contributed by atoms with Gasteiger partial charge in [-0.3, -0.25) is 4.79 Å². The summed E-state index contributed by atoms with van der Waals surface area (Å²) < 4.78 is 0. The van der Waals surface area contributed by atoms with Gasteiger partial charge in [-0.25, -0.2) is 0 Å². The fourth-order valence-electron chi connectivity index (χ4n) is 0.859. The van der Waals surface area contributed by atoms with E-state index in [0.717, 1.165) is 4.90 Å². The van der Waals surface area contributed by atoms with Gasteiger partial charge in [0.15, 0.2) is 0 Å². The lowest BCUT2D eigenvalue weighted by Crippen LogP contribution is -2.22. The Labute approximate surface area is 91.8 Å². The van der Waals surface area contributed by atoms with Gasteiger partial charge in [0.05, 0.1) is 5.25 Å². The predicted octanol–water partition coefficient (Wildman–Crippen LogP) is 1.89. The van der Waals surface area contributed by atoms with Gasteiger partial charge in [-0.2, -0.15) is 0 Å². The molecule has 0 aliphatic rings. The number of amides is 1. The summed E-state index contributed by atoms with van der Waals surface area (Å²) in [6.45, 7) is 1.73. The molecule has 1 unspecified atom stereocenters. The van der Waals surface area contributed by atoms with Crippen LogP contribution in [0.3, 0.4) is 0 Å². The summed E-state index contributed by atoms with van der Waals surface area (Å²) in [7, 11) is 0. The third-order valence-electron chi connectivity index (χ3n) is 1.68. The van der Waals surface area contributed by atoms with Crippen LogP contribution in [0.2, 0.25) is 5.02 Å². The highest BCUT2D eigenvalue weighted by Crippen LogP contribution is 2.30. The van der Waals surface area contributed by atoms with Crippen LogP contribution in [0, 0.1) is 0 Å². The molecule has 0 aromatic heterocycles. The summed E-state index contributed by atoms with van der Waals surface area (Å²) in [5, 5.41) is 0.286. The van der Waals surface area contributed by atoms with Gasteiger partial charge in [0.1, 0.15) is 0 Å². The van der Waals surface area contributed by atoms with Crippen molar-refractivity contribution in [1.82, 2.24) is 0 Å². The zero-order valence-electron chi connectivity index (χ0n) is 7.66. The quantitative estimate of drug-likeness (QED) is 0.616. The minimum absolute atomic E-state index is 0.309. The van der Waals surface area contributed by atoms with Crippen LogP contribution in [-0.2, 0) is 4.79 Å². The highest BCUT2D eigenvalue weighted by molar-refractivity contribution is 8.00. The van der Waals surface area contributed by atoms with Crippen molar-refractivity contribution in [3.05, 3.63) is 23.2 Å². The topological polar surface area (TPSA) is 69.1 Å². The zero-order valence-corrected chi connectivity index (χ0v) is 9.23. The first-order valence-electron chi connectivity index (χ1n) is 4.01. The molecule has 1 rings (SSSR count). The SMILES string of the molecule is CC(Sc1cc(Cl)ccc1N)C(N)=O. The summed E-state index contributed by atoms with van der Waals surface area (Å²) in [4.78, 5) is 11.6. The molecule has 14 heavy (non-hydrogen) atoms. The van der Waals surface area contributed by atoms with Gasteiger partial charge in [-0.15, -0.1) is 11.8 Å².